The van der Waals surface area contributed by atoms with Crippen molar-refractivity contribution in [2.45, 2.75) is 12.8 Å². The molecule has 0 aromatic heterocycles. The number of aliphatic hydroxyl groups excluding tert-OH is 2. The van der Waals surface area contributed by atoms with Crippen molar-refractivity contribution in [3.63, 3.8) is 0 Å². The van der Waals surface area contributed by atoms with Crippen molar-refractivity contribution in [3.8, 4) is 5.75 Å². The standard InChI is InChI=1S/C19H26O3/c1-3-15-11-16(19(13-21)18(15)12-20)6-4-5-14-7-9-17(22-2)10-8-14/h3-4,6-10,15-16,18-21H,1,5,11-13H2,2H3/b6-4-/t15-,16+,18+,19-/m1/s1. The second kappa shape index (κ2) is 8.16. The third-order valence-corrected chi connectivity index (χ3v) is 4.81. The molecule has 1 aliphatic rings. The molecule has 3 nitrogen and oxygen atoms in total. The Kier molecular flexibility index (Phi) is 6.22. The predicted molar refractivity (Wildman–Crippen MR) is 88.8 cm³/mol. The summed E-state index contributed by atoms with van der Waals surface area (Å²) in [6.07, 6.45) is 8.09. The van der Waals surface area contributed by atoms with Gasteiger partial charge in [-0.1, -0.05) is 30.4 Å². The summed E-state index contributed by atoms with van der Waals surface area (Å²) in [5.74, 6) is 1.71. The first-order valence-electron chi connectivity index (χ1n) is 7.87. The summed E-state index contributed by atoms with van der Waals surface area (Å²) < 4.78 is 5.15. The van der Waals surface area contributed by atoms with Gasteiger partial charge >= 0.3 is 0 Å². The van der Waals surface area contributed by atoms with Crippen molar-refractivity contribution in [2.24, 2.45) is 23.7 Å². The molecule has 0 amide bonds. The monoisotopic (exact) mass is 302 g/mol. The van der Waals surface area contributed by atoms with Crippen molar-refractivity contribution in [2.75, 3.05) is 20.3 Å². The minimum atomic E-state index is 0.116. The third-order valence-electron chi connectivity index (χ3n) is 4.81. The number of allylic oxidation sites excluding steroid dienone is 3. The molecule has 0 heterocycles. The molecular formula is C19H26O3. The molecule has 0 aliphatic heterocycles. The van der Waals surface area contributed by atoms with Gasteiger partial charge < -0.3 is 14.9 Å². The highest BCUT2D eigenvalue weighted by atomic mass is 16.5. The Balaban J connectivity index is 1.97. The van der Waals surface area contributed by atoms with Crippen LogP contribution < -0.4 is 4.74 Å². The first-order valence-corrected chi connectivity index (χ1v) is 7.87. The molecule has 1 fully saturated rings. The van der Waals surface area contributed by atoms with Crippen LogP contribution in [-0.2, 0) is 6.42 Å². The molecule has 120 valence electrons. The fraction of sp³-hybridized carbons (Fsp3) is 0.474. The number of ether oxygens (including phenoxy) is 1. The molecule has 1 aromatic carbocycles. The minimum Gasteiger partial charge on any atom is -0.497 e. The van der Waals surface area contributed by atoms with E-state index in [-0.39, 0.29) is 31.0 Å². The zero-order valence-corrected chi connectivity index (χ0v) is 13.2. The van der Waals surface area contributed by atoms with Gasteiger partial charge in [-0.3, -0.25) is 0 Å². The SMILES string of the molecule is C=C[C@@H]1C[C@H](/C=C\Cc2ccc(OC)cc2)[C@@H](CO)[C@H]1CO. The summed E-state index contributed by atoms with van der Waals surface area (Å²) in [5.41, 5.74) is 1.23. The summed E-state index contributed by atoms with van der Waals surface area (Å²) in [7, 11) is 1.66. The Morgan fingerprint density at radius 2 is 1.77 bits per heavy atom. The van der Waals surface area contributed by atoms with Crippen molar-refractivity contribution in [1.82, 2.24) is 0 Å². The smallest absolute Gasteiger partial charge is 0.118 e. The van der Waals surface area contributed by atoms with Crippen LogP contribution in [0, 0.1) is 23.7 Å². The van der Waals surface area contributed by atoms with Gasteiger partial charge in [0.25, 0.3) is 0 Å². The molecule has 1 aliphatic carbocycles. The Morgan fingerprint density at radius 3 is 2.32 bits per heavy atom. The van der Waals surface area contributed by atoms with Crippen LogP contribution in [0.15, 0.2) is 49.1 Å². The van der Waals surface area contributed by atoms with Crippen molar-refractivity contribution < 1.29 is 14.9 Å². The fourth-order valence-electron chi connectivity index (χ4n) is 3.47. The maximum atomic E-state index is 9.63. The molecule has 1 saturated carbocycles. The molecular weight excluding hydrogens is 276 g/mol. The van der Waals surface area contributed by atoms with Crippen LogP contribution in [0.4, 0.5) is 0 Å². The van der Waals surface area contributed by atoms with Gasteiger partial charge in [0.2, 0.25) is 0 Å². The summed E-state index contributed by atoms with van der Waals surface area (Å²) in [4.78, 5) is 0. The molecule has 0 radical (unpaired) electrons. The molecule has 2 N–H and O–H groups in total. The quantitative estimate of drug-likeness (QED) is 0.762. The summed E-state index contributed by atoms with van der Waals surface area (Å²) in [6.45, 7) is 4.09. The largest absolute Gasteiger partial charge is 0.497 e. The molecule has 3 heteroatoms. The predicted octanol–water partition coefficient (Wildman–Crippen LogP) is 2.83. The van der Waals surface area contributed by atoms with Gasteiger partial charge in [-0.25, -0.2) is 0 Å². The number of benzene rings is 1. The maximum Gasteiger partial charge on any atom is 0.118 e. The Morgan fingerprint density at radius 1 is 1.14 bits per heavy atom. The van der Waals surface area contributed by atoms with E-state index in [1.807, 2.05) is 18.2 Å². The molecule has 0 saturated heterocycles. The summed E-state index contributed by atoms with van der Waals surface area (Å²) in [6, 6.07) is 8.05. The van der Waals surface area contributed by atoms with Gasteiger partial charge in [0.1, 0.15) is 5.75 Å². The molecule has 1 aromatic rings. The highest BCUT2D eigenvalue weighted by Crippen LogP contribution is 2.42. The van der Waals surface area contributed by atoms with Crippen molar-refractivity contribution >= 4 is 0 Å². The van der Waals surface area contributed by atoms with Crippen LogP contribution in [0.1, 0.15) is 12.0 Å². The van der Waals surface area contributed by atoms with Crippen LogP contribution >= 0.6 is 0 Å². The third kappa shape index (κ3) is 3.79. The number of aliphatic hydroxyl groups is 2. The highest BCUT2D eigenvalue weighted by Gasteiger charge is 2.39. The van der Waals surface area contributed by atoms with E-state index in [0.717, 1.165) is 18.6 Å². The van der Waals surface area contributed by atoms with Gasteiger partial charge in [-0.15, -0.1) is 6.58 Å². The van der Waals surface area contributed by atoms with Gasteiger partial charge in [0.15, 0.2) is 0 Å². The lowest BCUT2D eigenvalue weighted by molar-refractivity contribution is 0.117. The second-order valence-electron chi connectivity index (χ2n) is 5.97. The maximum absolute atomic E-state index is 9.63. The lowest BCUT2D eigenvalue weighted by Gasteiger charge is -2.20. The van der Waals surface area contributed by atoms with Crippen molar-refractivity contribution in [1.29, 1.82) is 0 Å². The summed E-state index contributed by atoms with van der Waals surface area (Å²) >= 11 is 0. The van der Waals surface area contributed by atoms with Crippen LogP contribution in [0.3, 0.4) is 0 Å². The van der Waals surface area contributed by atoms with Crippen LogP contribution in [-0.4, -0.2) is 30.5 Å². The molecule has 22 heavy (non-hydrogen) atoms. The zero-order valence-electron chi connectivity index (χ0n) is 13.2. The number of rotatable bonds is 7. The average Bonchev–Trinajstić information content (AvgIpc) is 2.92. The average molecular weight is 302 g/mol. The fourth-order valence-corrected chi connectivity index (χ4v) is 3.47. The van der Waals surface area contributed by atoms with Crippen LogP contribution in [0.5, 0.6) is 5.75 Å². The van der Waals surface area contributed by atoms with Gasteiger partial charge in [0.05, 0.1) is 7.11 Å². The molecule has 0 unspecified atom stereocenters. The number of methoxy groups -OCH3 is 1. The highest BCUT2D eigenvalue weighted by molar-refractivity contribution is 5.28. The van der Waals surface area contributed by atoms with E-state index in [1.54, 1.807) is 7.11 Å². The van der Waals surface area contributed by atoms with Gasteiger partial charge in [0, 0.05) is 13.2 Å². The zero-order chi connectivity index (χ0) is 15.9. The molecule has 2 rings (SSSR count). The van der Waals surface area contributed by atoms with E-state index in [4.69, 9.17) is 4.74 Å². The second-order valence-corrected chi connectivity index (χ2v) is 5.97. The Bertz CT molecular complexity index is 492. The number of hydrogen-bond acceptors (Lipinski definition) is 3. The van der Waals surface area contributed by atoms with E-state index in [1.165, 1.54) is 5.56 Å². The molecule has 0 spiro atoms. The topological polar surface area (TPSA) is 49.7 Å². The first-order chi connectivity index (χ1) is 10.7. The normalized spacial score (nSPS) is 28.1. The Labute approximate surface area is 132 Å². The Hall–Kier alpha value is -1.58. The van der Waals surface area contributed by atoms with Crippen LogP contribution in [0.25, 0.3) is 0 Å². The molecule has 4 atom stereocenters. The van der Waals surface area contributed by atoms with E-state index in [9.17, 15) is 10.2 Å². The van der Waals surface area contributed by atoms with E-state index >= 15 is 0 Å². The lowest BCUT2D eigenvalue weighted by atomic mass is 9.88. The molecule has 0 bridgehead atoms. The lowest BCUT2D eigenvalue weighted by Crippen LogP contribution is -2.23. The first kappa shape index (κ1) is 16.8. The minimum absolute atomic E-state index is 0.116. The van der Waals surface area contributed by atoms with Crippen molar-refractivity contribution in [3.05, 3.63) is 54.6 Å². The summed E-state index contributed by atoms with van der Waals surface area (Å²) in [5, 5.41) is 19.2. The van der Waals surface area contributed by atoms with Gasteiger partial charge in [-0.2, -0.15) is 0 Å². The van der Waals surface area contributed by atoms with Gasteiger partial charge in [-0.05, 0) is 54.2 Å². The van der Waals surface area contributed by atoms with E-state index in [0.29, 0.717) is 5.92 Å². The van der Waals surface area contributed by atoms with E-state index in [2.05, 4.69) is 30.9 Å². The number of hydrogen-bond donors (Lipinski definition) is 2. The van der Waals surface area contributed by atoms with Crippen LogP contribution in [0.2, 0.25) is 0 Å². The van der Waals surface area contributed by atoms with E-state index < -0.39 is 0 Å².